The number of nitrogens with two attached hydrogens (primary N) is 1. The van der Waals surface area contributed by atoms with Crippen molar-refractivity contribution in [3.05, 3.63) is 48.0 Å². The predicted molar refractivity (Wildman–Crippen MR) is 107 cm³/mol. The van der Waals surface area contributed by atoms with Gasteiger partial charge in [-0.2, -0.15) is 0 Å². The molecule has 0 unspecified atom stereocenters. The quantitative estimate of drug-likeness (QED) is 0.596. The molecule has 1 atom stereocenters. The van der Waals surface area contributed by atoms with E-state index in [-0.39, 0.29) is 12.3 Å². The first-order valence-corrected chi connectivity index (χ1v) is 9.66. The van der Waals surface area contributed by atoms with Gasteiger partial charge in [0, 0.05) is 0 Å². The first kappa shape index (κ1) is 20.0. The number of hydrogen-bond donors (Lipinski definition) is 2. The lowest BCUT2D eigenvalue weighted by Gasteiger charge is -2.15. The molecule has 0 aromatic heterocycles. The van der Waals surface area contributed by atoms with Crippen molar-refractivity contribution in [2.24, 2.45) is 5.73 Å². The molecule has 0 aliphatic carbocycles. The first-order chi connectivity index (χ1) is 12.6. The highest BCUT2D eigenvalue weighted by molar-refractivity contribution is 5.88. The van der Waals surface area contributed by atoms with Crippen LogP contribution in [0.4, 0.5) is 0 Å². The van der Waals surface area contributed by atoms with Crippen molar-refractivity contribution in [3.8, 4) is 0 Å². The molecular formula is C22H30N2O2. The largest absolute Gasteiger partial charge is 0.368 e. The minimum absolute atomic E-state index is 0.157. The third-order valence-electron chi connectivity index (χ3n) is 4.70. The van der Waals surface area contributed by atoms with Gasteiger partial charge in [0.2, 0.25) is 11.8 Å². The van der Waals surface area contributed by atoms with Crippen molar-refractivity contribution in [1.82, 2.24) is 5.32 Å². The first-order valence-electron chi connectivity index (χ1n) is 9.66. The zero-order valence-electron chi connectivity index (χ0n) is 15.7. The van der Waals surface area contributed by atoms with Gasteiger partial charge in [0.05, 0.1) is 6.42 Å². The SMILES string of the molecule is CCCCCCCC[C@@H](NC(=O)Cc1ccc2ccccc2c1)C(N)=O. The summed E-state index contributed by atoms with van der Waals surface area (Å²) in [5, 5.41) is 5.06. The number of amides is 2. The molecule has 0 radical (unpaired) electrons. The minimum atomic E-state index is -0.575. The van der Waals surface area contributed by atoms with Crippen LogP contribution in [-0.4, -0.2) is 17.9 Å². The molecule has 0 bridgehead atoms. The molecule has 0 heterocycles. The molecule has 0 fully saturated rings. The Balaban J connectivity index is 1.83. The lowest BCUT2D eigenvalue weighted by molar-refractivity contribution is -0.127. The van der Waals surface area contributed by atoms with E-state index < -0.39 is 11.9 Å². The van der Waals surface area contributed by atoms with E-state index in [9.17, 15) is 9.59 Å². The Bertz CT molecular complexity index is 727. The normalized spacial score (nSPS) is 12.0. The fraction of sp³-hybridized carbons (Fsp3) is 0.455. The fourth-order valence-electron chi connectivity index (χ4n) is 3.19. The third kappa shape index (κ3) is 6.51. The molecule has 4 heteroatoms. The highest BCUT2D eigenvalue weighted by atomic mass is 16.2. The Morgan fingerprint density at radius 1 is 0.962 bits per heavy atom. The Morgan fingerprint density at radius 3 is 2.38 bits per heavy atom. The molecule has 0 saturated carbocycles. The van der Waals surface area contributed by atoms with Crippen molar-refractivity contribution in [2.45, 2.75) is 64.3 Å². The summed E-state index contributed by atoms with van der Waals surface area (Å²) in [6, 6.07) is 13.5. The van der Waals surface area contributed by atoms with E-state index in [2.05, 4.69) is 12.2 Å². The van der Waals surface area contributed by atoms with Crippen LogP contribution in [0.25, 0.3) is 10.8 Å². The van der Waals surface area contributed by atoms with Crippen LogP contribution in [0.1, 0.15) is 57.4 Å². The van der Waals surface area contributed by atoms with Crippen molar-refractivity contribution >= 4 is 22.6 Å². The van der Waals surface area contributed by atoms with Crippen LogP contribution in [0, 0.1) is 0 Å². The number of benzene rings is 2. The van der Waals surface area contributed by atoms with Gasteiger partial charge in [0.15, 0.2) is 0 Å². The lowest BCUT2D eigenvalue weighted by Crippen LogP contribution is -2.44. The average molecular weight is 354 g/mol. The minimum Gasteiger partial charge on any atom is -0.368 e. The number of carbonyl (C=O) groups is 2. The Kier molecular flexibility index (Phi) is 8.13. The van der Waals surface area contributed by atoms with E-state index in [1.165, 1.54) is 25.7 Å². The van der Waals surface area contributed by atoms with Crippen LogP contribution >= 0.6 is 0 Å². The van der Waals surface area contributed by atoms with Gasteiger partial charge in [-0.15, -0.1) is 0 Å². The zero-order valence-corrected chi connectivity index (χ0v) is 15.7. The molecule has 4 nitrogen and oxygen atoms in total. The number of carbonyl (C=O) groups excluding carboxylic acids is 2. The molecule has 0 saturated heterocycles. The van der Waals surface area contributed by atoms with Crippen LogP contribution in [0.5, 0.6) is 0 Å². The smallest absolute Gasteiger partial charge is 0.239 e. The van der Waals surface area contributed by atoms with E-state index in [0.717, 1.165) is 29.2 Å². The summed E-state index contributed by atoms with van der Waals surface area (Å²) in [5.41, 5.74) is 6.40. The van der Waals surface area contributed by atoms with E-state index in [0.29, 0.717) is 6.42 Å². The maximum absolute atomic E-state index is 12.3. The summed E-state index contributed by atoms with van der Waals surface area (Å²) in [7, 11) is 0. The highest BCUT2D eigenvalue weighted by Crippen LogP contribution is 2.16. The van der Waals surface area contributed by atoms with Gasteiger partial charge in [-0.1, -0.05) is 87.9 Å². The van der Waals surface area contributed by atoms with E-state index in [4.69, 9.17) is 5.73 Å². The van der Waals surface area contributed by atoms with Crippen LogP contribution in [0.3, 0.4) is 0 Å². The van der Waals surface area contributed by atoms with Gasteiger partial charge in [-0.05, 0) is 22.8 Å². The average Bonchev–Trinajstić information content (AvgIpc) is 2.63. The van der Waals surface area contributed by atoms with Crippen molar-refractivity contribution in [2.75, 3.05) is 0 Å². The number of hydrogen-bond acceptors (Lipinski definition) is 2. The third-order valence-corrected chi connectivity index (χ3v) is 4.70. The van der Waals surface area contributed by atoms with Gasteiger partial charge in [-0.25, -0.2) is 0 Å². The summed E-state index contributed by atoms with van der Waals surface area (Å²) in [6.07, 6.45) is 7.72. The predicted octanol–water partition coefficient (Wildman–Crippen LogP) is 4.10. The Labute approximate surface area is 156 Å². The lowest BCUT2D eigenvalue weighted by atomic mass is 10.0. The molecule has 0 aliphatic rings. The summed E-state index contributed by atoms with van der Waals surface area (Å²) < 4.78 is 0. The van der Waals surface area contributed by atoms with Crippen LogP contribution < -0.4 is 11.1 Å². The van der Waals surface area contributed by atoms with E-state index >= 15 is 0 Å². The number of primary amides is 1. The van der Waals surface area contributed by atoms with Gasteiger partial charge in [0.1, 0.15) is 6.04 Å². The fourth-order valence-corrected chi connectivity index (χ4v) is 3.19. The molecular weight excluding hydrogens is 324 g/mol. The van der Waals surface area contributed by atoms with E-state index in [1.807, 2.05) is 42.5 Å². The molecule has 2 amide bonds. The number of rotatable bonds is 11. The zero-order chi connectivity index (χ0) is 18.8. The molecule has 0 aliphatic heterocycles. The second-order valence-corrected chi connectivity index (χ2v) is 6.94. The van der Waals surface area contributed by atoms with Crippen molar-refractivity contribution in [1.29, 1.82) is 0 Å². The maximum atomic E-state index is 12.3. The summed E-state index contributed by atoms with van der Waals surface area (Å²) in [5.74, 6) is -0.611. The molecule has 2 aromatic rings. The van der Waals surface area contributed by atoms with Crippen molar-refractivity contribution in [3.63, 3.8) is 0 Å². The van der Waals surface area contributed by atoms with Gasteiger partial charge in [0.25, 0.3) is 0 Å². The maximum Gasteiger partial charge on any atom is 0.239 e. The second-order valence-electron chi connectivity index (χ2n) is 6.94. The summed E-state index contributed by atoms with van der Waals surface area (Å²) >= 11 is 0. The second kappa shape index (κ2) is 10.6. The molecule has 3 N–H and O–H groups in total. The van der Waals surface area contributed by atoms with E-state index in [1.54, 1.807) is 0 Å². The van der Waals surface area contributed by atoms with Gasteiger partial charge >= 0.3 is 0 Å². The number of unbranched alkanes of at least 4 members (excludes halogenated alkanes) is 5. The van der Waals surface area contributed by atoms with Crippen LogP contribution in [0.2, 0.25) is 0 Å². The van der Waals surface area contributed by atoms with Crippen LogP contribution in [0.15, 0.2) is 42.5 Å². The molecule has 2 rings (SSSR count). The topological polar surface area (TPSA) is 72.2 Å². The number of fused-ring (bicyclic) bond motifs is 1. The monoisotopic (exact) mass is 354 g/mol. The van der Waals surface area contributed by atoms with Gasteiger partial charge < -0.3 is 11.1 Å². The standard InChI is InChI=1S/C22H30N2O2/c1-2-3-4-5-6-7-12-20(22(23)26)24-21(25)16-17-13-14-18-10-8-9-11-19(18)15-17/h8-11,13-15,20H,2-7,12,16H2,1H3,(H2,23,26)(H,24,25)/t20-/m1/s1. The number of nitrogens with one attached hydrogen (secondary N) is 1. The summed E-state index contributed by atoms with van der Waals surface area (Å²) in [6.45, 7) is 2.19. The highest BCUT2D eigenvalue weighted by Gasteiger charge is 2.17. The molecule has 0 spiro atoms. The van der Waals surface area contributed by atoms with Gasteiger partial charge in [-0.3, -0.25) is 9.59 Å². The summed E-state index contributed by atoms with van der Waals surface area (Å²) in [4.78, 5) is 24.0. The Morgan fingerprint density at radius 2 is 1.65 bits per heavy atom. The molecule has 2 aromatic carbocycles. The Hall–Kier alpha value is -2.36. The molecule has 140 valence electrons. The van der Waals surface area contributed by atoms with Crippen LogP contribution in [-0.2, 0) is 16.0 Å². The van der Waals surface area contributed by atoms with Crippen molar-refractivity contribution < 1.29 is 9.59 Å². The molecule has 26 heavy (non-hydrogen) atoms.